The topological polar surface area (TPSA) is 61.9 Å². The summed E-state index contributed by atoms with van der Waals surface area (Å²) in [5.74, 6) is 1.31. The molecule has 1 N–H and O–H groups in total. The van der Waals surface area contributed by atoms with Crippen LogP contribution in [0.4, 0.5) is 5.69 Å². The zero-order chi connectivity index (χ0) is 23.2. The number of hydrogen-bond acceptors (Lipinski definition) is 4. The minimum Gasteiger partial charge on any atom is -0.457 e. The van der Waals surface area contributed by atoms with E-state index in [4.69, 9.17) is 4.74 Å². The molecule has 0 aromatic heterocycles. The molecule has 3 aromatic carbocycles. The SMILES string of the molecule is Cc1cccc(C)c1NC(=O)CN1CCN(C(=O)c2cccc(Oc3ccccc3)c2)CC1. The number of nitrogens with one attached hydrogen (secondary N) is 1. The van der Waals surface area contributed by atoms with Crippen LogP contribution in [-0.4, -0.2) is 54.3 Å². The third-order valence-electron chi connectivity index (χ3n) is 5.83. The van der Waals surface area contributed by atoms with Gasteiger partial charge in [-0.15, -0.1) is 0 Å². The van der Waals surface area contributed by atoms with Crippen LogP contribution in [0, 0.1) is 13.8 Å². The lowest BCUT2D eigenvalue weighted by Crippen LogP contribution is -2.50. The molecule has 0 unspecified atom stereocenters. The van der Waals surface area contributed by atoms with Crippen LogP contribution in [0.15, 0.2) is 72.8 Å². The molecule has 170 valence electrons. The smallest absolute Gasteiger partial charge is 0.254 e. The fraction of sp³-hybridized carbons (Fsp3) is 0.259. The van der Waals surface area contributed by atoms with E-state index in [0.29, 0.717) is 44.0 Å². The number of para-hydroxylation sites is 2. The number of nitrogens with zero attached hydrogens (tertiary/aromatic N) is 2. The summed E-state index contributed by atoms with van der Waals surface area (Å²) in [5.41, 5.74) is 3.59. The lowest BCUT2D eigenvalue weighted by Gasteiger charge is -2.34. The number of carbonyl (C=O) groups is 2. The van der Waals surface area contributed by atoms with Gasteiger partial charge in [-0.2, -0.15) is 0 Å². The van der Waals surface area contributed by atoms with Crippen LogP contribution < -0.4 is 10.1 Å². The molecule has 1 heterocycles. The Bertz CT molecular complexity index is 1100. The summed E-state index contributed by atoms with van der Waals surface area (Å²) in [5, 5.41) is 3.04. The molecule has 33 heavy (non-hydrogen) atoms. The summed E-state index contributed by atoms with van der Waals surface area (Å²) in [6.45, 7) is 6.78. The van der Waals surface area contributed by atoms with E-state index in [1.54, 1.807) is 6.07 Å². The van der Waals surface area contributed by atoms with Crippen molar-refractivity contribution in [2.45, 2.75) is 13.8 Å². The summed E-state index contributed by atoms with van der Waals surface area (Å²) >= 11 is 0. The van der Waals surface area contributed by atoms with Crippen LogP contribution in [0.2, 0.25) is 0 Å². The monoisotopic (exact) mass is 443 g/mol. The maximum Gasteiger partial charge on any atom is 0.254 e. The number of amides is 2. The van der Waals surface area contributed by atoms with E-state index in [1.807, 2.05) is 85.5 Å². The second-order valence-electron chi connectivity index (χ2n) is 8.33. The predicted molar refractivity (Wildman–Crippen MR) is 130 cm³/mol. The van der Waals surface area contributed by atoms with Crippen LogP contribution in [-0.2, 0) is 4.79 Å². The second kappa shape index (κ2) is 10.3. The number of anilines is 1. The normalized spacial score (nSPS) is 14.1. The standard InChI is InChI=1S/C27H29N3O3/c1-20-8-6-9-21(2)26(20)28-25(31)19-29-14-16-30(17-15-29)27(32)22-10-7-13-24(18-22)33-23-11-4-3-5-12-23/h3-13,18H,14-17,19H2,1-2H3,(H,28,31). The van der Waals surface area contributed by atoms with Gasteiger partial charge in [-0.05, 0) is 55.3 Å². The fourth-order valence-electron chi connectivity index (χ4n) is 4.00. The Morgan fingerprint density at radius 1 is 0.818 bits per heavy atom. The molecule has 0 radical (unpaired) electrons. The van der Waals surface area contributed by atoms with Gasteiger partial charge in [0.2, 0.25) is 5.91 Å². The molecule has 6 nitrogen and oxygen atoms in total. The molecule has 0 aliphatic carbocycles. The van der Waals surface area contributed by atoms with Crippen molar-refractivity contribution in [3.8, 4) is 11.5 Å². The van der Waals surface area contributed by atoms with Crippen molar-refractivity contribution in [2.24, 2.45) is 0 Å². The number of benzene rings is 3. The molecular formula is C27H29N3O3. The van der Waals surface area contributed by atoms with Gasteiger partial charge in [-0.1, -0.05) is 42.5 Å². The van der Waals surface area contributed by atoms with Crippen molar-refractivity contribution >= 4 is 17.5 Å². The molecule has 1 aliphatic rings. The van der Waals surface area contributed by atoms with Gasteiger partial charge in [0.15, 0.2) is 0 Å². The summed E-state index contributed by atoms with van der Waals surface area (Å²) in [4.78, 5) is 29.5. The minimum atomic E-state index is -0.0297. The van der Waals surface area contributed by atoms with E-state index in [1.165, 1.54) is 0 Å². The maximum absolute atomic E-state index is 13.0. The highest BCUT2D eigenvalue weighted by Gasteiger charge is 2.24. The lowest BCUT2D eigenvalue weighted by atomic mass is 10.1. The third-order valence-corrected chi connectivity index (χ3v) is 5.83. The predicted octanol–water partition coefficient (Wildman–Crippen LogP) is 4.49. The van der Waals surface area contributed by atoms with Gasteiger partial charge in [0.05, 0.1) is 6.54 Å². The van der Waals surface area contributed by atoms with Crippen LogP contribution in [0.3, 0.4) is 0 Å². The van der Waals surface area contributed by atoms with Gasteiger partial charge in [-0.25, -0.2) is 0 Å². The van der Waals surface area contributed by atoms with Crippen molar-refractivity contribution in [1.82, 2.24) is 9.80 Å². The van der Waals surface area contributed by atoms with Gasteiger partial charge in [-0.3, -0.25) is 14.5 Å². The van der Waals surface area contributed by atoms with E-state index in [9.17, 15) is 9.59 Å². The highest BCUT2D eigenvalue weighted by Crippen LogP contribution is 2.23. The zero-order valence-corrected chi connectivity index (χ0v) is 19.1. The quantitative estimate of drug-likeness (QED) is 0.610. The molecule has 4 rings (SSSR count). The van der Waals surface area contributed by atoms with Crippen LogP contribution >= 0.6 is 0 Å². The zero-order valence-electron chi connectivity index (χ0n) is 19.1. The van der Waals surface area contributed by atoms with Crippen molar-refractivity contribution < 1.29 is 14.3 Å². The van der Waals surface area contributed by atoms with Gasteiger partial charge in [0.25, 0.3) is 5.91 Å². The Morgan fingerprint density at radius 2 is 1.45 bits per heavy atom. The van der Waals surface area contributed by atoms with E-state index >= 15 is 0 Å². The second-order valence-corrected chi connectivity index (χ2v) is 8.33. The third kappa shape index (κ3) is 5.79. The molecule has 0 atom stereocenters. The fourth-order valence-corrected chi connectivity index (χ4v) is 4.00. The van der Waals surface area contributed by atoms with Crippen LogP contribution in [0.1, 0.15) is 21.5 Å². The first-order valence-corrected chi connectivity index (χ1v) is 11.2. The van der Waals surface area contributed by atoms with E-state index in [2.05, 4.69) is 10.2 Å². The lowest BCUT2D eigenvalue weighted by molar-refractivity contribution is -0.117. The maximum atomic E-state index is 13.0. The largest absolute Gasteiger partial charge is 0.457 e. The molecule has 1 fully saturated rings. The summed E-state index contributed by atoms with van der Waals surface area (Å²) in [7, 11) is 0. The first kappa shape index (κ1) is 22.6. The summed E-state index contributed by atoms with van der Waals surface area (Å²) < 4.78 is 5.86. The Kier molecular flexibility index (Phi) is 7.05. The van der Waals surface area contributed by atoms with E-state index in [0.717, 1.165) is 22.6 Å². The molecule has 0 bridgehead atoms. The van der Waals surface area contributed by atoms with Crippen LogP contribution in [0.5, 0.6) is 11.5 Å². The molecule has 1 saturated heterocycles. The number of rotatable bonds is 6. The van der Waals surface area contributed by atoms with Gasteiger partial charge >= 0.3 is 0 Å². The number of carbonyl (C=O) groups excluding carboxylic acids is 2. The van der Waals surface area contributed by atoms with Crippen molar-refractivity contribution in [3.05, 3.63) is 89.5 Å². The highest BCUT2D eigenvalue weighted by atomic mass is 16.5. The molecule has 1 aliphatic heterocycles. The van der Waals surface area contributed by atoms with Crippen LogP contribution in [0.25, 0.3) is 0 Å². The molecule has 3 aromatic rings. The Balaban J connectivity index is 1.30. The molecule has 2 amide bonds. The number of piperazine rings is 1. The Hall–Kier alpha value is -3.64. The number of aryl methyl sites for hydroxylation is 2. The van der Waals surface area contributed by atoms with Gasteiger partial charge in [0.1, 0.15) is 11.5 Å². The minimum absolute atomic E-state index is 0.0202. The summed E-state index contributed by atoms with van der Waals surface area (Å²) in [6.07, 6.45) is 0. The average molecular weight is 444 g/mol. The molecule has 0 saturated carbocycles. The number of hydrogen-bond donors (Lipinski definition) is 1. The molecule has 6 heteroatoms. The summed E-state index contributed by atoms with van der Waals surface area (Å²) in [6, 6.07) is 22.7. The average Bonchev–Trinajstić information content (AvgIpc) is 2.82. The first-order valence-electron chi connectivity index (χ1n) is 11.2. The van der Waals surface area contributed by atoms with Gasteiger partial charge < -0.3 is 15.0 Å². The Morgan fingerprint density at radius 3 is 2.15 bits per heavy atom. The number of ether oxygens (including phenoxy) is 1. The Labute approximate surface area is 194 Å². The van der Waals surface area contributed by atoms with Crippen molar-refractivity contribution in [3.63, 3.8) is 0 Å². The van der Waals surface area contributed by atoms with Gasteiger partial charge in [0, 0.05) is 37.4 Å². The van der Waals surface area contributed by atoms with Crippen molar-refractivity contribution in [1.29, 1.82) is 0 Å². The van der Waals surface area contributed by atoms with E-state index in [-0.39, 0.29) is 11.8 Å². The highest BCUT2D eigenvalue weighted by molar-refractivity contribution is 5.95. The van der Waals surface area contributed by atoms with E-state index < -0.39 is 0 Å². The van der Waals surface area contributed by atoms with Crippen molar-refractivity contribution in [2.75, 3.05) is 38.0 Å². The molecular weight excluding hydrogens is 414 g/mol. The molecule has 0 spiro atoms. The first-order chi connectivity index (χ1) is 16.0.